The number of hydrogen-bond acceptors (Lipinski definition) is 3. The molecule has 4 heteroatoms. The molecule has 0 fully saturated rings. The molecule has 0 amide bonds. The summed E-state index contributed by atoms with van der Waals surface area (Å²) in [4.78, 5) is 17.7. The number of aryl methyl sites for hydroxylation is 1. The van der Waals surface area contributed by atoms with E-state index in [2.05, 4.69) is 4.98 Å². The van der Waals surface area contributed by atoms with Gasteiger partial charge in [-0.25, -0.2) is 0 Å². The summed E-state index contributed by atoms with van der Waals surface area (Å²) in [5.41, 5.74) is 2.77. The van der Waals surface area contributed by atoms with Crippen LogP contribution in [0.1, 0.15) is 38.8 Å². The van der Waals surface area contributed by atoms with E-state index in [-0.39, 0.29) is 11.7 Å². The molecule has 2 heterocycles. The molecule has 0 saturated heterocycles. The molecule has 1 aliphatic carbocycles. The maximum absolute atomic E-state index is 12.2. The highest BCUT2D eigenvalue weighted by atomic mass is 35.5. The molecule has 0 saturated carbocycles. The second kappa shape index (κ2) is 4.48. The molecule has 0 bridgehead atoms. The Balaban J connectivity index is 2.02. The Morgan fingerprint density at radius 1 is 1.39 bits per heavy atom. The highest BCUT2D eigenvalue weighted by molar-refractivity contribution is 7.10. The number of carbonyl (C=O) groups excluding carboxylic acids is 1. The average molecular weight is 278 g/mol. The molecule has 2 nitrogen and oxygen atoms in total. The number of thiophene rings is 1. The van der Waals surface area contributed by atoms with Gasteiger partial charge < -0.3 is 0 Å². The molecule has 0 N–H and O–H groups in total. The summed E-state index contributed by atoms with van der Waals surface area (Å²) in [6.07, 6.45) is 3.13. The van der Waals surface area contributed by atoms with E-state index in [0.717, 1.165) is 33.1 Å². The van der Waals surface area contributed by atoms with Crippen LogP contribution >= 0.6 is 22.9 Å². The fourth-order valence-electron chi connectivity index (χ4n) is 2.56. The van der Waals surface area contributed by atoms with Crippen molar-refractivity contribution in [2.45, 2.75) is 25.7 Å². The average Bonchev–Trinajstić information content (AvgIpc) is 2.75. The Bertz CT molecular complexity index is 620. The van der Waals surface area contributed by atoms with Crippen LogP contribution in [0.3, 0.4) is 0 Å². The predicted molar refractivity (Wildman–Crippen MR) is 73.7 cm³/mol. The lowest BCUT2D eigenvalue weighted by molar-refractivity contribution is 0.0963. The van der Waals surface area contributed by atoms with Crippen molar-refractivity contribution in [2.75, 3.05) is 0 Å². The van der Waals surface area contributed by atoms with Crippen molar-refractivity contribution in [3.8, 4) is 0 Å². The van der Waals surface area contributed by atoms with Gasteiger partial charge in [0.15, 0.2) is 5.78 Å². The van der Waals surface area contributed by atoms with Gasteiger partial charge in [0.05, 0.1) is 10.7 Å². The van der Waals surface area contributed by atoms with Gasteiger partial charge in [0, 0.05) is 29.0 Å². The van der Waals surface area contributed by atoms with Gasteiger partial charge >= 0.3 is 0 Å². The molecule has 2 aromatic rings. The number of rotatable bonds is 1. The molecular formula is C14H12ClNOS. The van der Waals surface area contributed by atoms with Crippen molar-refractivity contribution in [1.29, 1.82) is 0 Å². The van der Waals surface area contributed by atoms with Gasteiger partial charge in [-0.2, -0.15) is 0 Å². The smallest absolute Gasteiger partial charge is 0.165 e. The second-order valence-corrected chi connectivity index (χ2v) is 5.97. The zero-order valence-electron chi connectivity index (χ0n) is 9.94. The van der Waals surface area contributed by atoms with Gasteiger partial charge in [-0.05, 0) is 36.4 Å². The monoisotopic (exact) mass is 277 g/mol. The lowest BCUT2D eigenvalue weighted by Crippen LogP contribution is -2.20. The van der Waals surface area contributed by atoms with Crippen LogP contribution in [0.2, 0.25) is 5.02 Å². The molecule has 1 aliphatic rings. The molecule has 2 aromatic heterocycles. The van der Waals surface area contributed by atoms with Crippen LogP contribution in [0.5, 0.6) is 0 Å². The van der Waals surface area contributed by atoms with Gasteiger partial charge in [-0.3, -0.25) is 9.78 Å². The normalized spacial score (nSPS) is 18.8. The summed E-state index contributed by atoms with van der Waals surface area (Å²) < 4.78 is 0. The van der Waals surface area contributed by atoms with Crippen LogP contribution in [0.4, 0.5) is 0 Å². The van der Waals surface area contributed by atoms with Gasteiger partial charge in [0.1, 0.15) is 0 Å². The Morgan fingerprint density at radius 3 is 2.94 bits per heavy atom. The van der Waals surface area contributed by atoms with Crippen LogP contribution in [0.25, 0.3) is 0 Å². The third-order valence-electron chi connectivity index (χ3n) is 3.40. The summed E-state index contributed by atoms with van der Waals surface area (Å²) in [7, 11) is 0. The fourth-order valence-corrected chi connectivity index (χ4v) is 3.88. The van der Waals surface area contributed by atoms with Crippen molar-refractivity contribution in [3.05, 3.63) is 50.4 Å². The largest absolute Gasteiger partial charge is 0.294 e. The molecule has 0 unspecified atom stereocenters. The van der Waals surface area contributed by atoms with E-state index >= 15 is 0 Å². The van der Waals surface area contributed by atoms with Gasteiger partial charge in [0.25, 0.3) is 0 Å². The highest BCUT2D eigenvalue weighted by Crippen LogP contribution is 2.38. The van der Waals surface area contributed by atoms with E-state index in [9.17, 15) is 4.79 Å². The zero-order chi connectivity index (χ0) is 12.7. The zero-order valence-corrected chi connectivity index (χ0v) is 11.5. The number of pyridine rings is 1. The molecule has 92 valence electrons. The number of nitrogens with zero attached hydrogens (tertiary/aromatic N) is 1. The molecular weight excluding hydrogens is 266 g/mol. The number of halogens is 1. The SMILES string of the molecule is Cc1ccnc2c1C(=O)C[C@@H](c1sccc1Cl)C2. The second-order valence-electron chi connectivity index (χ2n) is 4.61. The molecule has 0 spiro atoms. The van der Waals surface area contributed by atoms with E-state index in [0.29, 0.717) is 6.42 Å². The Hall–Kier alpha value is -1.19. The van der Waals surface area contributed by atoms with Gasteiger partial charge in [0.2, 0.25) is 0 Å². The summed E-state index contributed by atoms with van der Waals surface area (Å²) >= 11 is 7.78. The first-order valence-corrected chi connectivity index (χ1v) is 7.13. The number of hydrogen-bond donors (Lipinski definition) is 0. The molecule has 0 aromatic carbocycles. The Kier molecular flexibility index (Phi) is 2.96. The summed E-state index contributed by atoms with van der Waals surface area (Å²) in [5, 5.41) is 2.75. The minimum Gasteiger partial charge on any atom is -0.294 e. The van der Waals surface area contributed by atoms with Crippen LogP contribution in [0.15, 0.2) is 23.7 Å². The summed E-state index contributed by atoms with van der Waals surface area (Å²) in [6, 6.07) is 3.79. The molecule has 1 atom stereocenters. The minimum atomic E-state index is 0.187. The van der Waals surface area contributed by atoms with E-state index < -0.39 is 0 Å². The first-order valence-electron chi connectivity index (χ1n) is 5.87. The lowest BCUT2D eigenvalue weighted by Gasteiger charge is -2.23. The lowest BCUT2D eigenvalue weighted by atomic mass is 9.83. The maximum atomic E-state index is 12.2. The third-order valence-corrected chi connectivity index (χ3v) is 4.92. The molecule has 18 heavy (non-hydrogen) atoms. The van der Waals surface area contributed by atoms with Gasteiger partial charge in [-0.1, -0.05) is 11.6 Å². The quantitative estimate of drug-likeness (QED) is 0.788. The third kappa shape index (κ3) is 1.88. The van der Waals surface area contributed by atoms with E-state index in [4.69, 9.17) is 11.6 Å². The van der Waals surface area contributed by atoms with Crippen molar-refractivity contribution >= 4 is 28.7 Å². The van der Waals surface area contributed by atoms with Crippen LogP contribution in [0, 0.1) is 6.92 Å². The van der Waals surface area contributed by atoms with E-state index in [1.165, 1.54) is 0 Å². The number of ketones is 1. The topological polar surface area (TPSA) is 30.0 Å². The van der Waals surface area contributed by atoms with Crippen LogP contribution in [-0.4, -0.2) is 10.8 Å². The number of aromatic nitrogens is 1. The number of fused-ring (bicyclic) bond motifs is 1. The summed E-state index contributed by atoms with van der Waals surface area (Å²) in [6.45, 7) is 1.97. The summed E-state index contributed by atoms with van der Waals surface area (Å²) in [5.74, 6) is 0.378. The standard InChI is InChI=1S/C14H12ClNOS/c1-8-2-4-16-11-6-9(7-12(17)13(8)11)14-10(15)3-5-18-14/h2-5,9H,6-7H2,1H3/t9-/m0/s1. The minimum absolute atomic E-state index is 0.187. The van der Waals surface area contributed by atoms with E-state index in [1.54, 1.807) is 17.5 Å². The maximum Gasteiger partial charge on any atom is 0.165 e. The molecule has 0 aliphatic heterocycles. The molecule has 0 radical (unpaired) electrons. The fraction of sp³-hybridized carbons (Fsp3) is 0.286. The highest BCUT2D eigenvalue weighted by Gasteiger charge is 2.29. The van der Waals surface area contributed by atoms with Crippen molar-refractivity contribution in [2.24, 2.45) is 0 Å². The Morgan fingerprint density at radius 2 is 2.22 bits per heavy atom. The molecule has 3 rings (SSSR count). The first-order chi connectivity index (χ1) is 8.66. The number of Topliss-reactive ketones (excluding diaryl/α,β-unsaturated/α-hetero) is 1. The Labute approximate surface area is 115 Å². The van der Waals surface area contributed by atoms with Gasteiger partial charge in [-0.15, -0.1) is 11.3 Å². The number of carbonyl (C=O) groups is 1. The van der Waals surface area contributed by atoms with E-state index in [1.807, 2.05) is 24.4 Å². The van der Waals surface area contributed by atoms with Crippen molar-refractivity contribution in [1.82, 2.24) is 4.98 Å². The predicted octanol–water partition coefficient (Wildman–Crippen LogP) is 4.02. The van der Waals surface area contributed by atoms with Crippen molar-refractivity contribution < 1.29 is 4.79 Å². The van der Waals surface area contributed by atoms with Crippen LogP contribution in [-0.2, 0) is 6.42 Å². The van der Waals surface area contributed by atoms with Crippen molar-refractivity contribution in [3.63, 3.8) is 0 Å². The van der Waals surface area contributed by atoms with Crippen LogP contribution < -0.4 is 0 Å². The first kappa shape index (κ1) is 11.9.